The number of halogens is 1. The molecule has 1 aromatic heterocycles. The van der Waals surface area contributed by atoms with Crippen LogP contribution in [0.2, 0.25) is 5.02 Å². The summed E-state index contributed by atoms with van der Waals surface area (Å²) in [5.41, 5.74) is 0.614. The number of carbonyl (C=O) groups excluding carboxylic acids is 3. The fourth-order valence-corrected chi connectivity index (χ4v) is 4.16. The summed E-state index contributed by atoms with van der Waals surface area (Å²) >= 11 is 6.06. The van der Waals surface area contributed by atoms with E-state index in [0.717, 1.165) is 16.6 Å². The lowest BCUT2D eigenvalue weighted by Gasteiger charge is -2.34. The number of hydrogen-bond donors (Lipinski definition) is 3. The first-order valence-electron chi connectivity index (χ1n) is 11.8. The van der Waals surface area contributed by atoms with E-state index in [0.29, 0.717) is 29.0 Å². The van der Waals surface area contributed by atoms with E-state index in [1.807, 2.05) is 36.4 Å². The molecule has 11 heteroatoms. The molecule has 0 radical (unpaired) electrons. The number of hydrogen-bond acceptors (Lipinski definition) is 7. The normalized spacial score (nSPS) is 14.7. The maximum absolute atomic E-state index is 12.6. The number of aromatic amines is 1. The van der Waals surface area contributed by atoms with Crippen LogP contribution in [-0.4, -0.2) is 46.6 Å². The van der Waals surface area contributed by atoms with Gasteiger partial charge in [0.25, 0.3) is 17.4 Å². The van der Waals surface area contributed by atoms with Crippen molar-refractivity contribution in [2.75, 3.05) is 13.2 Å². The molecular weight excluding hydrogens is 512 g/mol. The van der Waals surface area contributed by atoms with Crippen molar-refractivity contribution in [1.82, 2.24) is 20.6 Å². The topological polar surface area (TPSA) is 132 Å². The van der Waals surface area contributed by atoms with Gasteiger partial charge in [0, 0.05) is 23.6 Å². The average Bonchev–Trinajstić information content (AvgIpc) is 3.32. The SMILES string of the molecule is CCOCCC1(Oc2ccc(Oc3ccc(-c4nc5ccc(Cl)cc5[nH]4)cc3)cc2)C(=O)NC(=O)NC1=O. The van der Waals surface area contributed by atoms with Crippen molar-refractivity contribution in [2.45, 2.75) is 18.9 Å². The predicted octanol–water partition coefficient (Wildman–Crippen LogP) is 4.59. The molecule has 0 spiro atoms. The van der Waals surface area contributed by atoms with Crippen LogP contribution in [0.3, 0.4) is 0 Å². The Morgan fingerprint density at radius 2 is 1.50 bits per heavy atom. The molecule has 0 bridgehead atoms. The number of ether oxygens (including phenoxy) is 3. The first-order chi connectivity index (χ1) is 18.4. The zero-order valence-electron chi connectivity index (χ0n) is 20.2. The molecule has 194 valence electrons. The molecule has 2 heterocycles. The summed E-state index contributed by atoms with van der Waals surface area (Å²) in [4.78, 5) is 44.6. The lowest BCUT2D eigenvalue weighted by atomic mass is 9.95. The highest BCUT2D eigenvalue weighted by atomic mass is 35.5. The molecule has 4 amide bonds. The third-order valence-corrected chi connectivity index (χ3v) is 6.15. The molecule has 1 aliphatic heterocycles. The number of barbiturate groups is 1. The van der Waals surface area contributed by atoms with E-state index >= 15 is 0 Å². The van der Waals surface area contributed by atoms with Crippen molar-refractivity contribution in [2.24, 2.45) is 0 Å². The maximum Gasteiger partial charge on any atom is 0.328 e. The van der Waals surface area contributed by atoms with Crippen molar-refractivity contribution < 1.29 is 28.6 Å². The Morgan fingerprint density at radius 1 is 0.868 bits per heavy atom. The van der Waals surface area contributed by atoms with E-state index in [-0.39, 0.29) is 18.8 Å². The summed E-state index contributed by atoms with van der Waals surface area (Å²) < 4.78 is 17.1. The van der Waals surface area contributed by atoms with Crippen LogP contribution >= 0.6 is 11.6 Å². The first kappa shape index (κ1) is 25.2. The number of urea groups is 1. The van der Waals surface area contributed by atoms with E-state index in [1.165, 1.54) is 0 Å². The number of nitrogens with one attached hydrogen (secondary N) is 3. The molecule has 10 nitrogen and oxygen atoms in total. The van der Waals surface area contributed by atoms with Crippen LogP contribution < -0.4 is 20.1 Å². The van der Waals surface area contributed by atoms with Crippen LogP contribution in [0.4, 0.5) is 4.79 Å². The molecule has 1 fully saturated rings. The Morgan fingerprint density at radius 3 is 2.16 bits per heavy atom. The van der Waals surface area contributed by atoms with Gasteiger partial charge >= 0.3 is 6.03 Å². The van der Waals surface area contributed by atoms with Gasteiger partial charge in [-0.2, -0.15) is 0 Å². The molecule has 38 heavy (non-hydrogen) atoms. The number of carbonyl (C=O) groups is 3. The Balaban J connectivity index is 1.28. The summed E-state index contributed by atoms with van der Waals surface area (Å²) in [5.74, 6) is 0.372. The van der Waals surface area contributed by atoms with Crippen LogP contribution in [0, 0.1) is 0 Å². The number of benzene rings is 3. The van der Waals surface area contributed by atoms with Crippen LogP contribution in [0.5, 0.6) is 17.2 Å². The van der Waals surface area contributed by atoms with Gasteiger partial charge in [-0.1, -0.05) is 11.6 Å². The van der Waals surface area contributed by atoms with Gasteiger partial charge in [-0.05, 0) is 73.7 Å². The fraction of sp³-hybridized carbons (Fsp3) is 0.185. The van der Waals surface area contributed by atoms with Gasteiger partial charge in [0.1, 0.15) is 23.1 Å². The molecule has 0 atom stereocenters. The van der Waals surface area contributed by atoms with Crippen LogP contribution in [0.25, 0.3) is 22.4 Å². The summed E-state index contributed by atoms with van der Waals surface area (Å²) in [7, 11) is 0. The van der Waals surface area contributed by atoms with Gasteiger partial charge < -0.3 is 19.2 Å². The summed E-state index contributed by atoms with van der Waals surface area (Å²) in [5, 5.41) is 4.81. The van der Waals surface area contributed by atoms with Crippen LogP contribution in [0.15, 0.2) is 66.7 Å². The smallest absolute Gasteiger partial charge is 0.328 e. The zero-order valence-corrected chi connectivity index (χ0v) is 21.0. The number of aromatic nitrogens is 2. The third-order valence-electron chi connectivity index (χ3n) is 5.91. The fourth-order valence-electron chi connectivity index (χ4n) is 3.99. The molecule has 1 aliphatic rings. The highest BCUT2D eigenvalue weighted by Gasteiger charge is 2.52. The molecule has 0 unspecified atom stereocenters. The minimum absolute atomic E-state index is 0.0747. The Bertz CT molecular complexity index is 1480. The van der Waals surface area contributed by atoms with Crippen molar-refractivity contribution in [3.8, 4) is 28.6 Å². The summed E-state index contributed by atoms with van der Waals surface area (Å²) in [6.45, 7) is 2.28. The standard InChI is InChI=1S/C27H23ClN4O6/c1-2-36-14-13-27(24(33)31-26(35)32-25(27)34)38-20-10-8-19(9-11-20)37-18-6-3-16(4-7-18)23-29-21-12-5-17(28)15-22(21)30-23/h3-12,15H,2,13-14H2,1H3,(H,29,30)(H2,31,32,33,34,35). The zero-order chi connectivity index (χ0) is 26.7. The van der Waals surface area contributed by atoms with E-state index < -0.39 is 23.4 Å². The quantitative estimate of drug-likeness (QED) is 0.211. The van der Waals surface area contributed by atoms with Gasteiger partial charge in [-0.15, -0.1) is 0 Å². The monoisotopic (exact) mass is 534 g/mol. The van der Waals surface area contributed by atoms with E-state index in [9.17, 15) is 14.4 Å². The number of nitrogens with zero attached hydrogens (tertiary/aromatic N) is 1. The number of imide groups is 2. The van der Waals surface area contributed by atoms with Crippen LogP contribution in [-0.2, 0) is 14.3 Å². The second-order valence-electron chi connectivity index (χ2n) is 8.46. The van der Waals surface area contributed by atoms with Gasteiger partial charge in [0.05, 0.1) is 17.6 Å². The highest BCUT2D eigenvalue weighted by molar-refractivity contribution is 6.31. The number of amides is 4. The van der Waals surface area contributed by atoms with Gasteiger partial charge in [0.2, 0.25) is 0 Å². The van der Waals surface area contributed by atoms with Crippen molar-refractivity contribution in [3.63, 3.8) is 0 Å². The maximum atomic E-state index is 12.6. The summed E-state index contributed by atoms with van der Waals surface area (Å²) in [6, 6.07) is 18.4. The number of fused-ring (bicyclic) bond motifs is 1. The Kier molecular flexibility index (Phi) is 6.99. The molecule has 3 aromatic carbocycles. The lowest BCUT2D eigenvalue weighted by Crippen LogP contribution is -2.69. The largest absolute Gasteiger partial charge is 0.467 e. The number of rotatable bonds is 9. The van der Waals surface area contributed by atoms with Crippen LogP contribution in [0.1, 0.15) is 13.3 Å². The number of H-pyrrole nitrogens is 1. The van der Waals surface area contributed by atoms with E-state index in [2.05, 4.69) is 20.6 Å². The van der Waals surface area contributed by atoms with E-state index in [1.54, 1.807) is 37.3 Å². The second-order valence-corrected chi connectivity index (χ2v) is 8.89. The Labute approximate surface area is 222 Å². The molecular formula is C27H23ClN4O6. The van der Waals surface area contributed by atoms with Crippen molar-refractivity contribution in [1.29, 1.82) is 0 Å². The minimum Gasteiger partial charge on any atom is -0.467 e. The molecule has 0 saturated carbocycles. The van der Waals surface area contributed by atoms with Crippen molar-refractivity contribution in [3.05, 3.63) is 71.8 Å². The lowest BCUT2D eigenvalue weighted by molar-refractivity contribution is -0.153. The molecule has 0 aliphatic carbocycles. The predicted molar refractivity (Wildman–Crippen MR) is 139 cm³/mol. The average molecular weight is 535 g/mol. The molecule has 4 aromatic rings. The number of imidazole rings is 1. The highest BCUT2D eigenvalue weighted by Crippen LogP contribution is 2.30. The molecule has 5 rings (SSSR count). The van der Waals surface area contributed by atoms with Gasteiger partial charge in [-0.25, -0.2) is 9.78 Å². The first-order valence-corrected chi connectivity index (χ1v) is 12.2. The Hall–Kier alpha value is -4.41. The summed E-state index contributed by atoms with van der Waals surface area (Å²) in [6.07, 6.45) is -0.0747. The molecule has 3 N–H and O–H groups in total. The second kappa shape index (κ2) is 10.5. The molecule has 1 saturated heterocycles. The van der Waals surface area contributed by atoms with Gasteiger partial charge in [-0.3, -0.25) is 20.2 Å². The minimum atomic E-state index is -1.94. The third kappa shape index (κ3) is 5.17. The van der Waals surface area contributed by atoms with Crippen molar-refractivity contribution >= 4 is 40.5 Å². The van der Waals surface area contributed by atoms with Gasteiger partial charge in [0.15, 0.2) is 0 Å². The van der Waals surface area contributed by atoms with E-state index in [4.69, 9.17) is 25.8 Å².